The number of hydrogen-bond acceptors (Lipinski definition) is 2. The molecule has 2 nitrogen and oxygen atoms in total. The summed E-state index contributed by atoms with van der Waals surface area (Å²) in [6.07, 6.45) is 4.58. The van der Waals surface area contributed by atoms with Crippen molar-refractivity contribution in [2.75, 3.05) is 6.61 Å². The van der Waals surface area contributed by atoms with Gasteiger partial charge in [0.05, 0.1) is 6.61 Å². The highest BCUT2D eigenvalue weighted by Gasteiger charge is 1.90. The molecule has 0 N–H and O–H groups in total. The van der Waals surface area contributed by atoms with E-state index in [1.807, 2.05) is 24.3 Å². The zero-order valence-electron chi connectivity index (χ0n) is 9.77. The Morgan fingerprint density at radius 3 is 2.71 bits per heavy atom. The maximum absolute atomic E-state index is 11.0. The number of benzene rings is 1. The lowest BCUT2D eigenvalue weighted by Crippen LogP contribution is -1.98. The quantitative estimate of drug-likeness (QED) is 0.450. The predicted octanol–water partition coefficient (Wildman–Crippen LogP) is 2.80. The third kappa shape index (κ3) is 4.85. The van der Waals surface area contributed by atoms with Crippen molar-refractivity contribution in [2.24, 2.45) is 0 Å². The van der Waals surface area contributed by atoms with Crippen molar-refractivity contribution in [2.45, 2.75) is 6.92 Å². The lowest BCUT2D eigenvalue weighted by Gasteiger charge is -1.92. The molecule has 0 unspecified atom stereocenters. The SMILES string of the molecule is C=Cc1ccc(C#C/C=C/C(=O)OCC)cc1. The summed E-state index contributed by atoms with van der Waals surface area (Å²) in [6.45, 7) is 5.81. The molecule has 1 rings (SSSR count). The van der Waals surface area contributed by atoms with Gasteiger partial charge in [-0.25, -0.2) is 4.79 Å². The van der Waals surface area contributed by atoms with Crippen LogP contribution in [0.15, 0.2) is 43.0 Å². The fourth-order valence-corrected chi connectivity index (χ4v) is 1.13. The van der Waals surface area contributed by atoms with Crippen LogP contribution in [0.25, 0.3) is 6.08 Å². The normalized spacial score (nSPS) is 9.47. The number of ether oxygens (including phenoxy) is 1. The molecule has 0 atom stereocenters. The summed E-state index contributed by atoms with van der Waals surface area (Å²) in [4.78, 5) is 11.0. The van der Waals surface area contributed by atoms with E-state index in [2.05, 4.69) is 18.4 Å². The molecule has 0 spiro atoms. The highest BCUT2D eigenvalue weighted by atomic mass is 16.5. The standard InChI is InChI=1S/C15H14O2/c1-3-13-9-11-14(12-10-13)7-5-6-8-15(16)17-4-2/h3,6,8-12H,1,4H2,2H3/b8-6+. The molecule has 0 amide bonds. The maximum Gasteiger partial charge on any atom is 0.331 e. The molecular weight excluding hydrogens is 212 g/mol. The number of esters is 1. The Labute approximate surface area is 102 Å². The van der Waals surface area contributed by atoms with Gasteiger partial charge in [-0.2, -0.15) is 0 Å². The molecule has 0 aromatic heterocycles. The van der Waals surface area contributed by atoms with Crippen LogP contribution >= 0.6 is 0 Å². The Morgan fingerprint density at radius 1 is 1.41 bits per heavy atom. The van der Waals surface area contributed by atoms with Gasteiger partial charge in [-0.15, -0.1) is 0 Å². The minimum atomic E-state index is -0.371. The first-order valence-corrected chi connectivity index (χ1v) is 5.33. The lowest BCUT2D eigenvalue weighted by molar-refractivity contribution is -0.137. The van der Waals surface area contributed by atoms with Crippen molar-refractivity contribution in [3.8, 4) is 11.8 Å². The molecule has 0 radical (unpaired) electrons. The van der Waals surface area contributed by atoms with Gasteiger partial charge < -0.3 is 4.74 Å². The van der Waals surface area contributed by atoms with Crippen LogP contribution in [0.4, 0.5) is 0 Å². The molecule has 86 valence electrons. The second-order valence-electron chi connectivity index (χ2n) is 3.18. The molecule has 2 heteroatoms. The van der Waals surface area contributed by atoms with E-state index in [1.54, 1.807) is 13.0 Å². The number of hydrogen-bond donors (Lipinski definition) is 0. The molecule has 1 aromatic carbocycles. The number of carbonyl (C=O) groups is 1. The highest BCUT2D eigenvalue weighted by molar-refractivity contribution is 5.82. The van der Waals surface area contributed by atoms with Gasteiger partial charge >= 0.3 is 5.97 Å². The number of carbonyl (C=O) groups excluding carboxylic acids is 1. The zero-order chi connectivity index (χ0) is 12.5. The van der Waals surface area contributed by atoms with E-state index in [9.17, 15) is 4.79 Å². The minimum Gasteiger partial charge on any atom is -0.463 e. The van der Waals surface area contributed by atoms with Crippen molar-refractivity contribution in [3.05, 3.63) is 54.1 Å². The van der Waals surface area contributed by atoms with E-state index < -0.39 is 0 Å². The van der Waals surface area contributed by atoms with E-state index in [1.165, 1.54) is 12.2 Å². The van der Waals surface area contributed by atoms with Gasteiger partial charge in [0.15, 0.2) is 0 Å². The van der Waals surface area contributed by atoms with Gasteiger partial charge in [-0.1, -0.05) is 36.6 Å². The molecular formula is C15H14O2. The van der Waals surface area contributed by atoms with E-state index in [4.69, 9.17) is 4.74 Å². The molecule has 0 saturated carbocycles. The average Bonchev–Trinajstić information content (AvgIpc) is 2.36. The molecule has 0 bridgehead atoms. The van der Waals surface area contributed by atoms with Gasteiger partial charge in [0.1, 0.15) is 0 Å². The molecule has 0 fully saturated rings. The summed E-state index contributed by atoms with van der Waals surface area (Å²) < 4.78 is 4.72. The Bertz CT molecular complexity index is 470. The third-order valence-electron chi connectivity index (χ3n) is 1.95. The summed E-state index contributed by atoms with van der Waals surface area (Å²) >= 11 is 0. The van der Waals surface area contributed by atoms with Crippen LogP contribution in [0, 0.1) is 11.8 Å². The molecule has 0 aliphatic carbocycles. The molecule has 0 saturated heterocycles. The van der Waals surface area contributed by atoms with Crippen molar-refractivity contribution in [1.82, 2.24) is 0 Å². The topological polar surface area (TPSA) is 26.3 Å². The Balaban J connectivity index is 2.59. The van der Waals surface area contributed by atoms with Crippen LogP contribution in [-0.2, 0) is 9.53 Å². The van der Waals surface area contributed by atoms with Gasteiger partial charge in [0.2, 0.25) is 0 Å². The van der Waals surface area contributed by atoms with E-state index in [0.717, 1.165) is 11.1 Å². The first-order valence-electron chi connectivity index (χ1n) is 5.33. The van der Waals surface area contributed by atoms with Crippen LogP contribution in [0.3, 0.4) is 0 Å². The highest BCUT2D eigenvalue weighted by Crippen LogP contribution is 2.03. The van der Waals surface area contributed by atoms with Gasteiger partial charge in [0, 0.05) is 11.6 Å². The van der Waals surface area contributed by atoms with Crippen LogP contribution in [0.1, 0.15) is 18.1 Å². The Morgan fingerprint density at radius 2 is 2.12 bits per heavy atom. The fraction of sp³-hybridized carbons (Fsp3) is 0.133. The molecule has 0 heterocycles. The van der Waals surface area contributed by atoms with E-state index in [0.29, 0.717) is 6.61 Å². The first kappa shape index (κ1) is 12.8. The molecule has 1 aromatic rings. The largest absolute Gasteiger partial charge is 0.463 e. The van der Waals surface area contributed by atoms with Gasteiger partial charge in [-0.05, 0) is 30.7 Å². The summed E-state index contributed by atoms with van der Waals surface area (Å²) in [5, 5.41) is 0. The third-order valence-corrected chi connectivity index (χ3v) is 1.95. The van der Waals surface area contributed by atoms with Crippen molar-refractivity contribution >= 4 is 12.0 Å². The van der Waals surface area contributed by atoms with Crippen LogP contribution in [0.5, 0.6) is 0 Å². The first-order chi connectivity index (χ1) is 8.26. The Kier molecular flexibility index (Phi) is 5.33. The summed E-state index contributed by atoms with van der Waals surface area (Å²) in [6, 6.07) is 7.68. The van der Waals surface area contributed by atoms with Crippen molar-refractivity contribution < 1.29 is 9.53 Å². The zero-order valence-corrected chi connectivity index (χ0v) is 9.77. The monoisotopic (exact) mass is 226 g/mol. The van der Waals surface area contributed by atoms with Crippen molar-refractivity contribution in [3.63, 3.8) is 0 Å². The molecule has 0 aliphatic heterocycles. The van der Waals surface area contributed by atoms with Crippen LogP contribution in [0.2, 0.25) is 0 Å². The minimum absolute atomic E-state index is 0.371. The number of rotatable bonds is 3. The number of allylic oxidation sites excluding steroid dienone is 1. The van der Waals surface area contributed by atoms with E-state index in [-0.39, 0.29) is 5.97 Å². The predicted molar refractivity (Wildman–Crippen MR) is 69.2 cm³/mol. The lowest BCUT2D eigenvalue weighted by atomic mass is 10.1. The van der Waals surface area contributed by atoms with Gasteiger partial charge in [0.25, 0.3) is 0 Å². The van der Waals surface area contributed by atoms with Gasteiger partial charge in [-0.3, -0.25) is 0 Å². The maximum atomic E-state index is 11.0. The fourth-order valence-electron chi connectivity index (χ4n) is 1.13. The smallest absolute Gasteiger partial charge is 0.331 e. The van der Waals surface area contributed by atoms with Crippen molar-refractivity contribution in [1.29, 1.82) is 0 Å². The van der Waals surface area contributed by atoms with E-state index >= 15 is 0 Å². The second-order valence-corrected chi connectivity index (χ2v) is 3.18. The summed E-state index contributed by atoms with van der Waals surface area (Å²) in [5.41, 5.74) is 1.95. The summed E-state index contributed by atoms with van der Waals surface area (Å²) in [7, 11) is 0. The molecule has 0 aliphatic rings. The Hall–Kier alpha value is -2.27. The van der Waals surface area contributed by atoms with Crippen LogP contribution < -0.4 is 0 Å². The summed E-state index contributed by atoms with van der Waals surface area (Å²) in [5.74, 6) is 5.31. The van der Waals surface area contributed by atoms with Crippen LogP contribution in [-0.4, -0.2) is 12.6 Å². The molecule has 17 heavy (non-hydrogen) atoms. The average molecular weight is 226 g/mol. The second kappa shape index (κ2) is 7.08.